The summed E-state index contributed by atoms with van der Waals surface area (Å²) in [6.45, 7) is 5.67. The Hall–Kier alpha value is -2.40. The van der Waals surface area contributed by atoms with Gasteiger partial charge < -0.3 is 9.15 Å². The lowest BCUT2D eigenvalue weighted by Gasteiger charge is -2.06. The van der Waals surface area contributed by atoms with Crippen molar-refractivity contribution in [3.8, 4) is 5.75 Å². The van der Waals surface area contributed by atoms with Crippen LogP contribution in [0.5, 0.6) is 5.75 Å². The lowest BCUT2D eigenvalue weighted by Crippen LogP contribution is -2.08. The van der Waals surface area contributed by atoms with E-state index in [2.05, 4.69) is 0 Å². The van der Waals surface area contributed by atoms with E-state index >= 15 is 0 Å². The molecule has 0 unspecified atom stereocenters. The first-order chi connectivity index (χ1) is 10.4. The number of aryl methyl sites for hydroxylation is 3. The molecule has 0 fully saturated rings. The smallest absolute Gasteiger partial charge is 0.344 e. The van der Waals surface area contributed by atoms with E-state index in [1.807, 2.05) is 26.8 Å². The zero-order valence-electron chi connectivity index (χ0n) is 12.4. The van der Waals surface area contributed by atoms with Gasteiger partial charge in [0, 0.05) is 27.3 Å². The molecule has 3 rings (SSSR count). The van der Waals surface area contributed by atoms with Gasteiger partial charge >= 0.3 is 11.6 Å². The highest BCUT2D eigenvalue weighted by molar-refractivity contribution is 7.12. The van der Waals surface area contributed by atoms with Gasteiger partial charge in [0.25, 0.3) is 0 Å². The minimum absolute atomic E-state index is 0.356. The molecule has 0 N–H and O–H groups in total. The van der Waals surface area contributed by atoms with Gasteiger partial charge in [-0.25, -0.2) is 9.59 Å². The highest BCUT2D eigenvalue weighted by Gasteiger charge is 2.15. The number of hydrogen-bond donors (Lipinski definition) is 0. The number of rotatable bonds is 2. The summed E-state index contributed by atoms with van der Waals surface area (Å²) in [7, 11) is 0. The van der Waals surface area contributed by atoms with E-state index in [0.717, 1.165) is 20.7 Å². The number of carbonyl (C=O) groups is 1. The Morgan fingerprint density at radius 2 is 1.91 bits per heavy atom. The van der Waals surface area contributed by atoms with Gasteiger partial charge in [-0.2, -0.15) is 0 Å². The molecule has 0 spiro atoms. The van der Waals surface area contributed by atoms with E-state index < -0.39 is 11.6 Å². The van der Waals surface area contributed by atoms with Gasteiger partial charge in [0.1, 0.15) is 11.3 Å². The van der Waals surface area contributed by atoms with Crippen LogP contribution in [-0.2, 0) is 0 Å². The van der Waals surface area contributed by atoms with E-state index in [1.165, 1.54) is 6.07 Å². The number of thiophene rings is 1. The fraction of sp³-hybridized carbons (Fsp3) is 0.176. The lowest BCUT2D eigenvalue weighted by atomic mass is 10.1. The molecular formula is C17H14O4S. The average molecular weight is 314 g/mol. The van der Waals surface area contributed by atoms with Gasteiger partial charge in [-0.15, -0.1) is 11.3 Å². The monoisotopic (exact) mass is 314 g/mol. The molecule has 0 amide bonds. The minimum atomic E-state index is -0.419. The molecule has 112 valence electrons. The molecule has 0 atom stereocenters. The number of benzene rings is 1. The summed E-state index contributed by atoms with van der Waals surface area (Å²) >= 11 is 1.55. The van der Waals surface area contributed by atoms with Gasteiger partial charge in [0.15, 0.2) is 0 Å². The topological polar surface area (TPSA) is 56.5 Å². The maximum Gasteiger partial charge on any atom is 0.344 e. The SMILES string of the molecule is Cc1cc(C(=O)Oc2ccc3c(C)cc(=O)oc3c2)c(C)s1. The molecule has 4 nitrogen and oxygen atoms in total. The van der Waals surface area contributed by atoms with Crippen LogP contribution in [0.3, 0.4) is 0 Å². The van der Waals surface area contributed by atoms with Crippen molar-refractivity contribution in [2.24, 2.45) is 0 Å². The molecular weight excluding hydrogens is 300 g/mol. The van der Waals surface area contributed by atoms with Gasteiger partial charge in [-0.1, -0.05) is 0 Å². The van der Waals surface area contributed by atoms with E-state index in [0.29, 0.717) is 16.9 Å². The molecule has 0 bridgehead atoms. The molecule has 2 heterocycles. The Morgan fingerprint density at radius 3 is 2.59 bits per heavy atom. The van der Waals surface area contributed by atoms with Crippen LogP contribution in [0.25, 0.3) is 11.0 Å². The molecule has 0 aliphatic rings. The van der Waals surface area contributed by atoms with Crippen LogP contribution in [0.4, 0.5) is 0 Å². The van der Waals surface area contributed by atoms with Crippen molar-refractivity contribution < 1.29 is 13.9 Å². The largest absolute Gasteiger partial charge is 0.423 e. The summed E-state index contributed by atoms with van der Waals surface area (Å²) in [4.78, 5) is 25.6. The van der Waals surface area contributed by atoms with Gasteiger partial charge in [0.05, 0.1) is 5.56 Å². The van der Waals surface area contributed by atoms with Crippen LogP contribution in [0.2, 0.25) is 0 Å². The summed E-state index contributed by atoms with van der Waals surface area (Å²) in [6.07, 6.45) is 0. The summed E-state index contributed by atoms with van der Waals surface area (Å²) in [5.41, 5.74) is 1.38. The lowest BCUT2D eigenvalue weighted by molar-refractivity contribution is 0.0735. The van der Waals surface area contributed by atoms with E-state index in [1.54, 1.807) is 29.5 Å². The van der Waals surface area contributed by atoms with Crippen LogP contribution >= 0.6 is 11.3 Å². The van der Waals surface area contributed by atoms with E-state index in [-0.39, 0.29) is 0 Å². The predicted molar refractivity (Wildman–Crippen MR) is 86.0 cm³/mol. The second-order valence-electron chi connectivity index (χ2n) is 5.12. The Bertz CT molecular complexity index is 933. The summed E-state index contributed by atoms with van der Waals surface area (Å²) in [5, 5.41) is 0.821. The third kappa shape index (κ3) is 2.67. The fourth-order valence-corrected chi connectivity index (χ4v) is 3.28. The number of ether oxygens (including phenoxy) is 1. The third-order valence-corrected chi connectivity index (χ3v) is 4.36. The molecule has 1 aromatic carbocycles. The molecule has 0 radical (unpaired) electrons. The molecule has 0 aliphatic heterocycles. The van der Waals surface area contributed by atoms with Crippen LogP contribution < -0.4 is 10.4 Å². The molecule has 0 saturated heterocycles. The highest BCUT2D eigenvalue weighted by Crippen LogP contribution is 2.25. The van der Waals surface area contributed by atoms with Crippen molar-refractivity contribution in [1.29, 1.82) is 0 Å². The predicted octanol–water partition coefficient (Wildman–Crippen LogP) is 4.00. The number of esters is 1. The van der Waals surface area contributed by atoms with E-state index in [9.17, 15) is 9.59 Å². The van der Waals surface area contributed by atoms with Crippen molar-refractivity contribution in [3.63, 3.8) is 0 Å². The zero-order chi connectivity index (χ0) is 15.9. The molecule has 5 heteroatoms. The molecule has 3 aromatic rings. The molecule has 2 aromatic heterocycles. The minimum Gasteiger partial charge on any atom is -0.423 e. The second kappa shape index (κ2) is 5.42. The summed E-state index contributed by atoms with van der Waals surface area (Å²) < 4.78 is 10.5. The van der Waals surface area contributed by atoms with Crippen LogP contribution in [0, 0.1) is 20.8 Å². The maximum absolute atomic E-state index is 12.2. The zero-order valence-corrected chi connectivity index (χ0v) is 13.2. The van der Waals surface area contributed by atoms with Crippen molar-refractivity contribution in [2.45, 2.75) is 20.8 Å². The van der Waals surface area contributed by atoms with Crippen molar-refractivity contribution in [1.82, 2.24) is 0 Å². The van der Waals surface area contributed by atoms with Gasteiger partial charge in [0.2, 0.25) is 0 Å². The van der Waals surface area contributed by atoms with Crippen molar-refractivity contribution >= 4 is 28.3 Å². The third-order valence-electron chi connectivity index (χ3n) is 3.39. The highest BCUT2D eigenvalue weighted by atomic mass is 32.1. The molecule has 22 heavy (non-hydrogen) atoms. The Kier molecular flexibility index (Phi) is 3.58. The number of fused-ring (bicyclic) bond motifs is 1. The first-order valence-electron chi connectivity index (χ1n) is 6.78. The Balaban J connectivity index is 1.96. The first kappa shape index (κ1) is 14.5. The summed E-state index contributed by atoms with van der Waals surface area (Å²) in [6, 6.07) is 8.29. The Labute approximate surface area is 131 Å². The normalized spacial score (nSPS) is 10.9. The standard InChI is InChI=1S/C17H14O4S/c1-9-6-16(18)21-15-8-12(4-5-13(9)15)20-17(19)14-7-10(2)22-11(14)3/h4-8H,1-3H3. The van der Waals surface area contributed by atoms with E-state index in [4.69, 9.17) is 9.15 Å². The van der Waals surface area contributed by atoms with Crippen LogP contribution in [0.15, 0.2) is 39.5 Å². The fourth-order valence-electron chi connectivity index (χ4n) is 2.36. The first-order valence-corrected chi connectivity index (χ1v) is 7.59. The van der Waals surface area contributed by atoms with Gasteiger partial charge in [-0.3, -0.25) is 0 Å². The van der Waals surface area contributed by atoms with Gasteiger partial charge in [-0.05, 0) is 44.5 Å². The van der Waals surface area contributed by atoms with Crippen LogP contribution in [0.1, 0.15) is 25.7 Å². The summed E-state index contributed by atoms with van der Waals surface area (Å²) in [5.74, 6) is -0.0503. The number of hydrogen-bond acceptors (Lipinski definition) is 5. The Morgan fingerprint density at radius 1 is 1.14 bits per heavy atom. The van der Waals surface area contributed by atoms with Crippen molar-refractivity contribution in [2.75, 3.05) is 0 Å². The van der Waals surface area contributed by atoms with Crippen molar-refractivity contribution in [3.05, 3.63) is 61.6 Å². The number of carbonyl (C=O) groups excluding carboxylic acids is 1. The quantitative estimate of drug-likeness (QED) is 0.407. The maximum atomic E-state index is 12.2. The molecule has 0 saturated carbocycles. The second-order valence-corrected chi connectivity index (χ2v) is 6.58. The average Bonchev–Trinajstić information content (AvgIpc) is 2.77. The molecule has 0 aliphatic carbocycles. The van der Waals surface area contributed by atoms with Crippen LogP contribution in [-0.4, -0.2) is 5.97 Å².